The molecule has 25 heavy (non-hydrogen) atoms. The number of benzene rings is 1. The first-order valence-electron chi connectivity index (χ1n) is 7.47. The molecule has 5 nitrogen and oxygen atoms in total. The summed E-state index contributed by atoms with van der Waals surface area (Å²) in [5.41, 5.74) is -2.16. The first-order chi connectivity index (χ1) is 11.8. The molecule has 0 amide bonds. The number of halogens is 4. The summed E-state index contributed by atoms with van der Waals surface area (Å²) in [7, 11) is 0. The van der Waals surface area contributed by atoms with Gasteiger partial charge >= 0.3 is 5.97 Å². The molecule has 1 aliphatic rings. The largest absolute Gasteiger partial charge is 0.477 e. The minimum absolute atomic E-state index is 0.0311. The Balaban J connectivity index is 2.45. The standard InChI is InChI=1S/C16H15F4NO4/c17-11-6-9(12(18)14(20)13(11)19)15(23)10(16(24)25)7-21(4-5-22)8-2-1-3-8/h6-8,22H,1-5H2,(H,24,25). The molecule has 136 valence electrons. The minimum atomic E-state index is -2.20. The highest BCUT2D eigenvalue weighted by Gasteiger charge is 2.30. The summed E-state index contributed by atoms with van der Waals surface area (Å²) in [5.74, 6) is -11.3. The number of carboxylic acids is 1. The molecule has 0 aromatic heterocycles. The third-order valence-electron chi connectivity index (χ3n) is 4.02. The van der Waals surface area contributed by atoms with Gasteiger partial charge in [0.2, 0.25) is 5.78 Å². The number of carbonyl (C=O) groups excluding carboxylic acids is 1. The van der Waals surface area contributed by atoms with Gasteiger partial charge in [-0.05, 0) is 25.3 Å². The van der Waals surface area contributed by atoms with Crippen LogP contribution in [0.1, 0.15) is 29.6 Å². The number of aliphatic hydroxyl groups is 1. The van der Waals surface area contributed by atoms with Crippen molar-refractivity contribution in [2.45, 2.75) is 25.3 Å². The molecular formula is C16H15F4NO4. The number of carbonyl (C=O) groups is 2. The molecule has 1 aromatic rings. The van der Waals surface area contributed by atoms with E-state index in [4.69, 9.17) is 5.11 Å². The highest BCUT2D eigenvalue weighted by Crippen LogP contribution is 2.26. The van der Waals surface area contributed by atoms with Crippen molar-refractivity contribution in [3.05, 3.63) is 46.7 Å². The van der Waals surface area contributed by atoms with E-state index in [9.17, 15) is 32.3 Å². The lowest BCUT2D eigenvalue weighted by molar-refractivity contribution is -0.132. The Labute approximate surface area is 140 Å². The summed E-state index contributed by atoms with van der Waals surface area (Å²) in [6.45, 7) is -0.286. The van der Waals surface area contributed by atoms with Gasteiger partial charge in [-0.3, -0.25) is 4.79 Å². The highest BCUT2D eigenvalue weighted by atomic mass is 19.2. The van der Waals surface area contributed by atoms with Crippen molar-refractivity contribution in [3.8, 4) is 0 Å². The Morgan fingerprint density at radius 1 is 1.16 bits per heavy atom. The van der Waals surface area contributed by atoms with E-state index >= 15 is 0 Å². The molecular weight excluding hydrogens is 346 g/mol. The van der Waals surface area contributed by atoms with Gasteiger partial charge < -0.3 is 15.1 Å². The van der Waals surface area contributed by atoms with E-state index in [0.717, 1.165) is 12.6 Å². The molecule has 2 N–H and O–H groups in total. The molecule has 0 radical (unpaired) electrons. The number of aliphatic hydroxyl groups excluding tert-OH is 1. The van der Waals surface area contributed by atoms with Gasteiger partial charge in [-0.2, -0.15) is 0 Å². The quantitative estimate of drug-likeness (QED) is 0.148. The third kappa shape index (κ3) is 3.81. The second-order valence-electron chi connectivity index (χ2n) is 5.57. The normalized spacial score (nSPS) is 15.0. The van der Waals surface area contributed by atoms with Crippen molar-refractivity contribution in [2.75, 3.05) is 13.2 Å². The monoisotopic (exact) mass is 361 g/mol. The van der Waals surface area contributed by atoms with Crippen LogP contribution in [0.4, 0.5) is 17.6 Å². The summed E-state index contributed by atoms with van der Waals surface area (Å²) in [5, 5.41) is 18.3. The fourth-order valence-electron chi connectivity index (χ4n) is 2.45. The predicted octanol–water partition coefficient (Wildman–Crippen LogP) is 2.24. The predicted molar refractivity (Wildman–Crippen MR) is 77.8 cm³/mol. The van der Waals surface area contributed by atoms with E-state index in [1.807, 2.05) is 0 Å². The third-order valence-corrected chi connectivity index (χ3v) is 4.02. The van der Waals surface area contributed by atoms with Crippen molar-refractivity contribution in [3.63, 3.8) is 0 Å². The number of aliphatic carboxylic acids is 1. The van der Waals surface area contributed by atoms with Gasteiger partial charge in [0.1, 0.15) is 5.57 Å². The second kappa shape index (κ2) is 7.64. The van der Waals surface area contributed by atoms with Gasteiger partial charge in [-0.25, -0.2) is 22.4 Å². The molecule has 1 fully saturated rings. The van der Waals surface area contributed by atoms with Crippen LogP contribution in [0.3, 0.4) is 0 Å². The topological polar surface area (TPSA) is 77.8 Å². The Kier molecular flexibility index (Phi) is 5.78. The van der Waals surface area contributed by atoms with Crippen molar-refractivity contribution >= 4 is 11.8 Å². The lowest BCUT2D eigenvalue weighted by Gasteiger charge is -2.36. The van der Waals surface area contributed by atoms with Gasteiger partial charge in [-0.15, -0.1) is 0 Å². The van der Waals surface area contributed by atoms with Gasteiger partial charge in [0.05, 0.1) is 12.2 Å². The Hall–Kier alpha value is -2.42. The van der Waals surface area contributed by atoms with Gasteiger partial charge in [0.15, 0.2) is 23.3 Å². The number of hydrogen-bond donors (Lipinski definition) is 2. The summed E-state index contributed by atoms with van der Waals surface area (Å²) >= 11 is 0. The maximum Gasteiger partial charge on any atom is 0.341 e. The molecule has 0 heterocycles. The molecule has 1 aliphatic carbocycles. The fraction of sp³-hybridized carbons (Fsp3) is 0.375. The molecule has 0 aliphatic heterocycles. The first kappa shape index (κ1) is 18.9. The zero-order valence-corrected chi connectivity index (χ0v) is 12.9. The van der Waals surface area contributed by atoms with Gasteiger partial charge in [-0.1, -0.05) is 0 Å². The number of hydrogen-bond acceptors (Lipinski definition) is 4. The van der Waals surface area contributed by atoms with Crippen molar-refractivity contribution < 1.29 is 37.4 Å². The van der Waals surface area contributed by atoms with Crippen molar-refractivity contribution in [2.24, 2.45) is 0 Å². The van der Waals surface area contributed by atoms with E-state index in [1.165, 1.54) is 4.90 Å². The molecule has 1 aromatic carbocycles. The van der Waals surface area contributed by atoms with Crippen LogP contribution >= 0.6 is 0 Å². The van der Waals surface area contributed by atoms with E-state index < -0.39 is 46.2 Å². The van der Waals surface area contributed by atoms with Gasteiger partial charge in [0, 0.05) is 18.8 Å². The average molecular weight is 361 g/mol. The Morgan fingerprint density at radius 3 is 2.28 bits per heavy atom. The number of rotatable bonds is 7. The number of nitrogens with zero attached hydrogens (tertiary/aromatic N) is 1. The average Bonchev–Trinajstić information content (AvgIpc) is 2.51. The maximum atomic E-state index is 13.8. The zero-order chi connectivity index (χ0) is 18.7. The molecule has 0 bridgehead atoms. The van der Waals surface area contributed by atoms with Crippen LogP contribution in [0.5, 0.6) is 0 Å². The van der Waals surface area contributed by atoms with E-state index in [2.05, 4.69) is 0 Å². The summed E-state index contributed by atoms with van der Waals surface area (Å²) in [6, 6.07) is 0.0212. The van der Waals surface area contributed by atoms with Gasteiger partial charge in [0.25, 0.3) is 0 Å². The van der Waals surface area contributed by atoms with Crippen molar-refractivity contribution in [1.82, 2.24) is 4.90 Å². The molecule has 0 saturated heterocycles. The van der Waals surface area contributed by atoms with Crippen molar-refractivity contribution in [1.29, 1.82) is 0 Å². The van der Waals surface area contributed by atoms with E-state index in [-0.39, 0.29) is 25.3 Å². The number of Topliss-reactive ketones (excluding diaryl/α,β-unsaturated/α-hetero) is 1. The van der Waals surface area contributed by atoms with Crippen LogP contribution in [0, 0.1) is 23.3 Å². The zero-order valence-electron chi connectivity index (χ0n) is 12.9. The Morgan fingerprint density at radius 2 is 1.80 bits per heavy atom. The van der Waals surface area contributed by atoms with Crippen LogP contribution in [0.15, 0.2) is 17.8 Å². The first-order valence-corrected chi connectivity index (χ1v) is 7.47. The van der Waals surface area contributed by atoms with Crippen LogP contribution in [-0.2, 0) is 4.79 Å². The molecule has 0 atom stereocenters. The molecule has 2 rings (SSSR count). The fourth-order valence-corrected chi connectivity index (χ4v) is 2.45. The van der Waals surface area contributed by atoms with E-state index in [0.29, 0.717) is 12.8 Å². The number of carboxylic acid groups (broad SMARTS) is 1. The SMILES string of the molecule is O=C(O)C(=CN(CCO)C1CCC1)C(=O)c1cc(F)c(F)c(F)c1F. The summed E-state index contributed by atoms with van der Waals surface area (Å²) < 4.78 is 53.3. The minimum Gasteiger partial charge on any atom is -0.477 e. The molecule has 0 spiro atoms. The lowest BCUT2D eigenvalue weighted by atomic mass is 9.91. The van der Waals surface area contributed by atoms with Crippen LogP contribution in [0.2, 0.25) is 0 Å². The second-order valence-corrected chi connectivity index (χ2v) is 5.57. The molecule has 9 heteroatoms. The van der Waals surface area contributed by atoms with Crippen LogP contribution in [-0.4, -0.2) is 46.1 Å². The highest BCUT2D eigenvalue weighted by molar-refractivity contribution is 6.23. The van der Waals surface area contributed by atoms with Crippen LogP contribution in [0.25, 0.3) is 0 Å². The summed E-state index contributed by atoms with van der Waals surface area (Å²) in [4.78, 5) is 25.0. The molecule has 0 unspecified atom stereocenters. The lowest BCUT2D eigenvalue weighted by Crippen LogP contribution is -2.39. The van der Waals surface area contributed by atoms with E-state index in [1.54, 1.807) is 0 Å². The number of ketones is 1. The Bertz CT molecular complexity index is 731. The summed E-state index contributed by atoms with van der Waals surface area (Å²) in [6.07, 6.45) is 3.24. The smallest absolute Gasteiger partial charge is 0.341 e. The maximum absolute atomic E-state index is 13.8. The molecule has 1 saturated carbocycles. The van der Waals surface area contributed by atoms with Crippen LogP contribution < -0.4 is 0 Å².